The van der Waals surface area contributed by atoms with Crippen LogP contribution in [0, 0.1) is 10.1 Å². The molecule has 9 nitrogen and oxygen atoms in total. The Morgan fingerprint density at radius 3 is 2.44 bits per heavy atom. The lowest BCUT2D eigenvalue weighted by Crippen LogP contribution is -2.48. The maximum Gasteiger partial charge on any atom is 0.270 e. The third-order valence-corrected chi connectivity index (χ3v) is 7.10. The Labute approximate surface area is 212 Å². The zero-order valence-corrected chi connectivity index (χ0v) is 20.3. The molecule has 1 saturated heterocycles. The van der Waals surface area contributed by atoms with Gasteiger partial charge in [-0.2, -0.15) is 0 Å². The van der Waals surface area contributed by atoms with Crippen LogP contribution in [0.1, 0.15) is 10.4 Å². The molecule has 0 saturated carbocycles. The van der Waals surface area contributed by atoms with E-state index in [1.807, 2.05) is 30.3 Å². The monoisotopic (exact) mass is 503 g/mol. The Morgan fingerprint density at radius 1 is 1.00 bits per heavy atom. The first kappa shape index (κ1) is 23.7. The van der Waals surface area contributed by atoms with Crippen LogP contribution in [0.4, 0.5) is 10.8 Å². The number of benzene rings is 3. The number of nitrogens with one attached hydrogen (secondary N) is 1. The molecule has 184 valence electrons. The van der Waals surface area contributed by atoms with E-state index < -0.39 is 0 Å². The number of aromatic nitrogens is 1. The van der Waals surface area contributed by atoms with Crippen LogP contribution in [-0.2, 0) is 0 Å². The summed E-state index contributed by atoms with van der Waals surface area (Å²) in [5, 5.41) is 14.9. The molecule has 1 N–H and O–H groups in total. The van der Waals surface area contributed by atoms with Crippen molar-refractivity contribution in [2.75, 3.05) is 44.2 Å². The zero-order valence-electron chi connectivity index (χ0n) is 19.5. The quantitative estimate of drug-likeness (QED) is 0.278. The number of thiazole rings is 1. The Hall–Kier alpha value is -4.02. The number of non-ortho nitro benzene ring substituents is 1. The Balaban J connectivity index is 1.07. The molecule has 0 radical (unpaired) electrons. The fourth-order valence-corrected chi connectivity index (χ4v) is 5.09. The second-order valence-electron chi connectivity index (χ2n) is 8.43. The number of carbonyl (C=O) groups excluding carboxylic acids is 1. The minimum atomic E-state index is -0.383. The van der Waals surface area contributed by atoms with Crippen LogP contribution in [0.15, 0.2) is 72.8 Å². The standard InChI is InChI=1S/C26H25N5O4S/c32-25(19-6-9-22(10-7-19)35-21-4-2-1-3-5-21)27-12-13-29-14-16-30(17-15-29)26-28-23-11-8-20(31(33)34)18-24(23)36-26/h1-11,18H,12-17H2,(H,27,32). The number of amides is 1. The molecule has 0 spiro atoms. The molecule has 0 unspecified atom stereocenters. The lowest BCUT2D eigenvalue weighted by Gasteiger charge is -2.34. The van der Waals surface area contributed by atoms with Crippen molar-refractivity contribution in [1.29, 1.82) is 0 Å². The smallest absolute Gasteiger partial charge is 0.270 e. The third-order valence-electron chi connectivity index (χ3n) is 6.02. The molecule has 1 aromatic heterocycles. The molecule has 1 fully saturated rings. The summed E-state index contributed by atoms with van der Waals surface area (Å²) >= 11 is 1.48. The van der Waals surface area contributed by atoms with Gasteiger partial charge < -0.3 is 15.0 Å². The molecule has 3 aromatic carbocycles. The van der Waals surface area contributed by atoms with Crippen molar-refractivity contribution in [3.63, 3.8) is 0 Å². The Morgan fingerprint density at radius 2 is 1.72 bits per heavy atom. The van der Waals surface area contributed by atoms with Gasteiger partial charge in [0, 0.05) is 57.0 Å². The fourth-order valence-electron chi connectivity index (χ4n) is 4.04. The molecule has 10 heteroatoms. The Bertz CT molecular complexity index is 1350. The van der Waals surface area contributed by atoms with Crippen molar-refractivity contribution in [2.45, 2.75) is 0 Å². The first-order valence-electron chi connectivity index (χ1n) is 11.7. The van der Waals surface area contributed by atoms with Crippen LogP contribution >= 0.6 is 11.3 Å². The maximum absolute atomic E-state index is 12.5. The van der Waals surface area contributed by atoms with Crippen molar-refractivity contribution in [3.8, 4) is 11.5 Å². The van der Waals surface area contributed by atoms with Gasteiger partial charge in [-0.05, 0) is 42.5 Å². The SMILES string of the molecule is O=C(NCCN1CCN(c2nc3ccc([N+](=O)[O-])cc3s2)CC1)c1ccc(Oc2ccccc2)cc1. The topological polar surface area (TPSA) is 101 Å². The lowest BCUT2D eigenvalue weighted by molar-refractivity contribution is -0.384. The highest BCUT2D eigenvalue weighted by molar-refractivity contribution is 7.22. The zero-order chi connectivity index (χ0) is 24.9. The van der Waals surface area contributed by atoms with Gasteiger partial charge in [0.1, 0.15) is 11.5 Å². The number of nitro benzene ring substituents is 1. The average Bonchev–Trinajstić information content (AvgIpc) is 3.33. The van der Waals surface area contributed by atoms with Crippen molar-refractivity contribution in [2.24, 2.45) is 0 Å². The van der Waals surface area contributed by atoms with E-state index in [1.54, 1.807) is 36.4 Å². The average molecular weight is 504 g/mol. The molecule has 1 aliphatic heterocycles. The number of hydrogen-bond acceptors (Lipinski definition) is 8. The van der Waals surface area contributed by atoms with Gasteiger partial charge in [-0.1, -0.05) is 29.5 Å². The van der Waals surface area contributed by atoms with E-state index in [0.29, 0.717) is 17.9 Å². The second-order valence-corrected chi connectivity index (χ2v) is 9.44. The molecule has 0 atom stereocenters. The van der Waals surface area contributed by atoms with Crippen molar-refractivity contribution in [1.82, 2.24) is 15.2 Å². The molecule has 4 aromatic rings. The van der Waals surface area contributed by atoms with Crippen LogP contribution in [0.2, 0.25) is 0 Å². The summed E-state index contributed by atoms with van der Waals surface area (Å²) in [5.41, 5.74) is 1.46. The molecule has 2 heterocycles. The second kappa shape index (κ2) is 10.7. The molecule has 0 aliphatic carbocycles. The van der Waals surface area contributed by atoms with E-state index >= 15 is 0 Å². The van der Waals surface area contributed by atoms with E-state index in [-0.39, 0.29) is 16.5 Å². The molecule has 5 rings (SSSR count). The summed E-state index contributed by atoms with van der Waals surface area (Å²) in [6, 6.07) is 21.4. The van der Waals surface area contributed by atoms with Gasteiger partial charge in [-0.3, -0.25) is 19.8 Å². The summed E-state index contributed by atoms with van der Waals surface area (Å²) in [6.45, 7) is 4.68. The summed E-state index contributed by atoms with van der Waals surface area (Å²) in [7, 11) is 0. The highest BCUT2D eigenvalue weighted by Crippen LogP contribution is 2.31. The lowest BCUT2D eigenvalue weighted by atomic mass is 10.2. The van der Waals surface area contributed by atoms with E-state index in [1.165, 1.54) is 17.4 Å². The molecule has 1 aliphatic rings. The number of ether oxygens (including phenoxy) is 1. The summed E-state index contributed by atoms with van der Waals surface area (Å²) in [6.07, 6.45) is 0. The number of para-hydroxylation sites is 1. The minimum absolute atomic E-state index is 0.0843. The van der Waals surface area contributed by atoms with Crippen LogP contribution in [0.3, 0.4) is 0 Å². The van der Waals surface area contributed by atoms with Crippen LogP contribution in [0.5, 0.6) is 11.5 Å². The van der Waals surface area contributed by atoms with Crippen LogP contribution < -0.4 is 15.0 Å². The maximum atomic E-state index is 12.5. The van der Waals surface area contributed by atoms with E-state index in [9.17, 15) is 14.9 Å². The van der Waals surface area contributed by atoms with E-state index in [2.05, 4.69) is 20.1 Å². The molecule has 1 amide bonds. The number of nitro groups is 1. The number of hydrogen-bond donors (Lipinski definition) is 1. The number of anilines is 1. The molecule has 0 bridgehead atoms. The van der Waals surface area contributed by atoms with Gasteiger partial charge in [-0.25, -0.2) is 4.98 Å². The Kier molecular flexibility index (Phi) is 7.06. The van der Waals surface area contributed by atoms with Gasteiger partial charge in [0.15, 0.2) is 5.13 Å². The number of piperazine rings is 1. The van der Waals surface area contributed by atoms with Crippen LogP contribution in [0.25, 0.3) is 10.2 Å². The molecular formula is C26H25N5O4S. The van der Waals surface area contributed by atoms with E-state index in [0.717, 1.165) is 53.8 Å². The highest BCUT2D eigenvalue weighted by Gasteiger charge is 2.20. The van der Waals surface area contributed by atoms with Gasteiger partial charge >= 0.3 is 0 Å². The van der Waals surface area contributed by atoms with Crippen molar-refractivity contribution < 1.29 is 14.5 Å². The number of rotatable bonds is 8. The largest absolute Gasteiger partial charge is 0.457 e. The number of nitrogens with zero attached hydrogens (tertiary/aromatic N) is 4. The highest BCUT2D eigenvalue weighted by atomic mass is 32.1. The first-order chi connectivity index (χ1) is 17.5. The number of carbonyl (C=O) groups is 1. The van der Waals surface area contributed by atoms with Gasteiger partial charge in [0.25, 0.3) is 11.6 Å². The van der Waals surface area contributed by atoms with Gasteiger partial charge in [0.05, 0.1) is 15.1 Å². The molecular weight excluding hydrogens is 478 g/mol. The summed E-state index contributed by atoms with van der Waals surface area (Å²) in [5.74, 6) is 1.33. The normalized spacial score (nSPS) is 14.1. The van der Waals surface area contributed by atoms with Crippen molar-refractivity contribution in [3.05, 3.63) is 88.5 Å². The summed E-state index contributed by atoms with van der Waals surface area (Å²) < 4.78 is 6.60. The van der Waals surface area contributed by atoms with E-state index in [4.69, 9.17) is 4.74 Å². The van der Waals surface area contributed by atoms with Crippen LogP contribution in [-0.4, -0.2) is 60.0 Å². The number of fused-ring (bicyclic) bond motifs is 1. The van der Waals surface area contributed by atoms with Crippen molar-refractivity contribution >= 4 is 38.3 Å². The van der Waals surface area contributed by atoms with Gasteiger partial charge in [-0.15, -0.1) is 0 Å². The predicted molar refractivity (Wildman–Crippen MR) is 140 cm³/mol. The molecule has 36 heavy (non-hydrogen) atoms. The first-order valence-corrected chi connectivity index (χ1v) is 12.5. The fraction of sp³-hybridized carbons (Fsp3) is 0.231. The summed E-state index contributed by atoms with van der Waals surface area (Å²) in [4.78, 5) is 32.3. The third kappa shape index (κ3) is 5.61. The minimum Gasteiger partial charge on any atom is -0.457 e. The van der Waals surface area contributed by atoms with Gasteiger partial charge in [0.2, 0.25) is 0 Å². The predicted octanol–water partition coefficient (Wildman–Crippen LogP) is 4.55.